The van der Waals surface area contributed by atoms with Crippen LogP contribution < -0.4 is 0 Å². The van der Waals surface area contributed by atoms with Crippen molar-refractivity contribution in [2.75, 3.05) is 0 Å². The van der Waals surface area contributed by atoms with E-state index < -0.39 is 0 Å². The van der Waals surface area contributed by atoms with Crippen LogP contribution in [0.2, 0.25) is 5.02 Å². The molecule has 0 saturated heterocycles. The summed E-state index contributed by atoms with van der Waals surface area (Å²) in [7, 11) is 0. The van der Waals surface area contributed by atoms with E-state index in [1.807, 2.05) is 0 Å². The van der Waals surface area contributed by atoms with Crippen LogP contribution >= 0.6 is 43.5 Å². The zero-order chi connectivity index (χ0) is 9.30. The zero-order valence-corrected chi connectivity index (χ0v) is 10.1. The molecular weight excluding hydrogens is 307 g/mol. The van der Waals surface area contributed by atoms with Crippen LogP contribution in [0.25, 0.3) is 0 Å². The van der Waals surface area contributed by atoms with E-state index in [2.05, 4.69) is 31.9 Å². The van der Waals surface area contributed by atoms with Gasteiger partial charge in [-0.05, 0) is 50.9 Å². The van der Waals surface area contributed by atoms with Gasteiger partial charge in [0.1, 0.15) is 0 Å². The topological polar surface area (TPSA) is 17.1 Å². The number of hydrogen-bond acceptors (Lipinski definition) is 1. The maximum Gasteiger partial charge on any atom is 0.159 e. The SMILES string of the molecule is CC(=O)c1cc(Cl)c(Br)c(Br)c1. The largest absolute Gasteiger partial charge is 0.295 e. The van der Waals surface area contributed by atoms with Gasteiger partial charge in [0.25, 0.3) is 0 Å². The maximum absolute atomic E-state index is 11.0. The third kappa shape index (κ3) is 2.09. The molecule has 0 aliphatic carbocycles. The van der Waals surface area contributed by atoms with Gasteiger partial charge in [0, 0.05) is 10.0 Å². The fraction of sp³-hybridized carbons (Fsp3) is 0.125. The van der Waals surface area contributed by atoms with Gasteiger partial charge in [-0.2, -0.15) is 0 Å². The second-order valence-electron chi connectivity index (χ2n) is 2.31. The molecule has 1 aromatic carbocycles. The first-order valence-corrected chi connectivity index (χ1v) is 5.14. The van der Waals surface area contributed by atoms with E-state index in [0.29, 0.717) is 10.6 Å². The number of rotatable bonds is 1. The fourth-order valence-electron chi connectivity index (χ4n) is 0.759. The minimum atomic E-state index is 0.00472. The molecule has 0 amide bonds. The predicted octanol–water partition coefficient (Wildman–Crippen LogP) is 4.07. The maximum atomic E-state index is 11.0. The Bertz CT molecular complexity index is 313. The molecule has 0 radical (unpaired) electrons. The van der Waals surface area contributed by atoms with Crippen LogP contribution in [0.3, 0.4) is 0 Å². The first kappa shape index (κ1) is 10.2. The Morgan fingerprint density at radius 1 is 1.42 bits per heavy atom. The highest BCUT2D eigenvalue weighted by molar-refractivity contribution is 9.13. The van der Waals surface area contributed by atoms with Crippen LogP contribution in [-0.2, 0) is 0 Å². The van der Waals surface area contributed by atoms with Gasteiger partial charge in [0.05, 0.1) is 9.50 Å². The van der Waals surface area contributed by atoms with Gasteiger partial charge < -0.3 is 0 Å². The number of carbonyl (C=O) groups excluding carboxylic acids is 1. The molecule has 0 aliphatic heterocycles. The summed E-state index contributed by atoms with van der Waals surface area (Å²) in [5, 5.41) is 0.537. The number of ketones is 1. The smallest absolute Gasteiger partial charge is 0.159 e. The molecule has 0 aromatic heterocycles. The highest BCUT2D eigenvalue weighted by Gasteiger charge is 2.07. The predicted molar refractivity (Wildman–Crippen MR) is 56.9 cm³/mol. The molecule has 4 heteroatoms. The van der Waals surface area contributed by atoms with E-state index in [1.54, 1.807) is 12.1 Å². The van der Waals surface area contributed by atoms with Crippen molar-refractivity contribution in [3.63, 3.8) is 0 Å². The standard InChI is InChI=1S/C8H5Br2ClO/c1-4(12)5-2-6(9)8(10)7(11)3-5/h2-3H,1H3. The summed E-state index contributed by atoms with van der Waals surface area (Å²) in [5.41, 5.74) is 0.607. The normalized spacial score (nSPS) is 10.0. The van der Waals surface area contributed by atoms with Crippen molar-refractivity contribution in [2.24, 2.45) is 0 Å². The van der Waals surface area contributed by atoms with Crippen molar-refractivity contribution in [1.29, 1.82) is 0 Å². The van der Waals surface area contributed by atoms with Gasteiger partial charge in [-0.25, -0.2) is 0 Å². The molecule has 0 N–H and O–H groups in total. The van der Waals surface area contributed by atoms with Crippen LogP contribution in [0.5, 0.6) is 0 Å². The molecule has 0 heterocycles. The summed E-state index contributed by atoms with van der Waals surface area (Å²) in [6, 6.07) is 3.37. The lowest BCUT2D eigenvalue weighted by molar-refractivity contribution is 0.101. The molecule has 0 atom stereocenters. The number of benzene rings is 1. The lowest BCUT2D eigenvalue weighted by Gasteiger charge is -2.01. The van der Waals surface area contributed by atoms with Gasteiger partial charge in [-0.1, -0.05) is 11.6 Å². The Kier molecular flexibility index (Phi) is 3.32. The summed E-state index contributed by atoms with van der Waals surface area (Å²) < 4.78 is 1.56. The summed E-state index contributed by atoms with van der Waals surface area (Å²) in [4.78, 5) is 11.0. The molecule has 1 nitrogen and oxygen atoms in total. The Hall–Kier alpha value is 0.140. The monoisotopic (exact) mass is 310 g/mol. The van der Waals surface area contributed by atoms with Crippen LogP contribution in [-0.4, -0.2) is 5.78 Å². The van der Waals surface area contributed by atoms with Gasteiger partial charge in [-0.3, -0.25) is 4.79 Å². The molecule has 0 unspecified atom stereocenters. The number of hydrogen-bond donors (Lipinski definition) is 0. The van der Waals surface area contributed by atoms with Crippen LogP contribution in [0.1, 0.15) is 17.3 Å². The molecule has 1 aromatic rings. The van der Waals surface area contributed by atoms with Gasteiger partial charge in [0.15, 0.2) is 5.78 Å². The van der Waals surface area contributed by atoms with E-state index in [4.69, 9.17) is 11.6 Å². The highest BCUT2D eigenvalue weighted by Crippen LogP contribution is 2.31. The first-order valence-electron chi connectivity index (χ1n) is 3.18. The quantitative estimate of drug-likeness (QED) is 0.564. The summed E-state index contributed by atoms with van der Waals surface area (Å²) in [6.45, 7) is 1.51. The molecule has 64 valence electrons. The Balaban J connectivity index is 3.31. The lowest BCUT2D eigenvalue weighted by atomic mass is 10.2. The van der Waals surface area contributed by atoms with Gasteiger partial charge >= 0.3 is 0 Å². The summed E-state index contributed by atoms with van der Waals surface area (Å²) in [5.74, 6) is 0.00472. The average Bonchev–Trinajstić information content (AvgIpc) is 1.99. The van der Waals surface area contributed by atoms with E-state index in [-0.39, 0.29) is 5.78 Å². The second kappa shape index (κ2) is 3.90. The highest BCUT2D eigenvalue weighted by atomic mass is 79.9. The van der Waals surface area contributed by atoms with Crippen molar-refractivity contribution in [3.8, 4) is 0 Å². The van der Waals surface area contributed by atoms with Gasteiger partial charge in [0.2, 0.25) is 0 Å². The summed E-state index contributed by atoms with van der Waals surface area (Å²) in [6.07, 6.45) is 0. The Morgan fingerprint density at radius 2 is 2.00 bits per heavy atom. The van der Waals surface area contributed by atoms with Gasteiger partial charge in [-0.15, -0.1) is 0 Å². The Labute approximate surface area is 92.4 Å². The van der Waals surface area contributed by atoms with E-state index in [1.165, 1.54) is 6.92 Å². The molecule has 1 rings (SSSR count). The van der Waals surface area contributed by atoms with E-state index in [0.717, 1.165) is 8.95 Å². The lowest BCUT2D eigenvalue weighted by Crippen LogP contribution is -1.91. The van der Waals surface area contributed by atoms with Crippen molar-refractivity contribution >= 4 is 49.2 Å². The molecule has 0 fully saturated rings. The number of carbonyl (C=O) groups is 1. The minimum absolute atomic E-state index is 0.00472. The van der Waals surface area contributed by atoms with Crippen molar-refractivity contribution in [1.82, 2.24) is 0 Å². The fourth-order valence-corrected chi connectivity index (χ4v) is 1.78. The second-order valence-corrected chi connectivity index (χ2v) is 4.36. The molecule has 12 heavy (non-hydrogen) atoms. The van der Waals surface area contributed by atoms with Crippen LogP contribution in [0.15, 0.2) is 21.1 Å². The van der Waals surface area contributed by atoms with E-state index >= 15 is 0 Å². The number of halogens is 3. The van der Waals surface area contributed by atoms with Crippen LogP contribution in [0, 0.1) is 0 Å². The molecule has 0 bridgehead atoms. The average molecular weight is 312 g/mol. The molecule has 0 aliphatic rings. The van der Waals surface area contributed by atoms with E-state index in [9.17, 15) is 4.79 Å². The Morgan fingerprint density at radius 3 is 2.42 bits per heavy atom. The van der Waals surface area contributed by atoms with Crippen LogP contribution in [0.4, 0.5) is 0 Å². The van der Waals surface area contributed by atoms with Crippen molar-refractivity contribution in [3.05, 3.63) is 31.7 Å². The molecule has 0 saturated carbocycles. The van der Waals surface area contributed by atoms with Crippen molar-refractivity contribution < 1.29 is 4.79 Å². The first-order chi connectivity index (χ1) is 5.52. The van der Waals surface area contributed by atoms with Crippen molar-refractivity contribution in [2.45, 2.75) is 6.92 Å². The summed E-state index contributed by atoms with van der Waals surface area (Å²) >= 11 is 12.4. The zero-order valence-electron chi connectivity index (χ0n) is 6.20. The number of Topliss-reactive ketones (excluding diaryl/α,β-unsaturated/α-hetero) is 1. The third-order valence-electron chi connectivity index (χ3n) is 1.39. The molecule has 0 spiro atoms. The minimum Gasteiger partial charge on any atom is -0.295 e. The third-order valence-corrected chi connectivity index (χ3v) is 3.93. The molecular formula is C8H5Br2ClO.